The lowest BCUT2D eigenvalue weighted by Gasteiger charge is -2.56. The van der Waals surface area contributed by atoms with Crippen molar-refractivity contribution in [3.63, 3.8) is 0 Å². The highest BCUT2D eigenvalue weighted by Crippen LogP contribution is 2.61. The summed E-state index contributed by atoms with van der Waals surface area (Å²) in [4.78, 5) is 27.4. The largest absolute Gasteiger partial charge is 0.327 e. The molecule has 8 bridgehead atoms. The van der Waals surface area contributed by atoms with Gasteiger partial charge in [0.15, 0.2) is 0 Å². The van der Waals surface area contributed by atoms with E-state index in [1.807, 2.05) is 18.2 Å². The number of carbonyl (C=O) groups excluding carboxylic acids is 2. The van der Waals surface area contributed by atoms with E-state index < -0.39 is 0 Å². The molecular formula is C29H38N2O2. The van der Waals surface area contributed by atoms with Crippen LogP contribution >= 0.6 is 0 Å². The van der Waals surface area contributed by atoms with E-state index in [0.29, 0.717) is 6.42 Å². The number of allylic oxidation sites excluding steroid dienone is 4. The van der Waals surface area contributed by atoms with Gasteiger partial charge >= 0.3 is 0 Å². The van der Waals surface area contributed by atoms with Gasteiger partial charge < -0.3 is 10.6 Å². The number of carbonyl (C=O) groups is 2. The van der Waals surface area contributed by atoms with Crippen molar-refractivity contribution in [1.29, 1.82) is 0 Å². The number of hydrogen-bond donors (Lipinski definition) is 2. The van der Waals surface area contributed by atoms with E-state index in [-0.39, 0.29) is 22.6 Å². The topological polar surface area (TPSA) is 58.2 Å². The van der Waals surface area contributed by atoms with Gasteiger partial charge in [0.2, 0.25) is 11.8 Å². The average molecular weight is 447 g/mol. The monoisotopic (exact) mass is 446 g/mol. The summed E-state index contributed by atoms with van der Waals surface area (Å²) in [6, 6.07) is 0. The molecule has 0 unspecified atom stereocenters. The van der Waals surface area contributed by atoms with Gasteiger partial charge in [-0.3, -0.25) is 9.59 Å². The zero-order valence-electron chi connectivity index (χ0n) is 19.8. The Bertz CT molecular complexity index is 900. The molecule has 0 saturated heterocycles. The average Bonchev–Trinajstić information content (AvgIpc) is 2.97. The second-order valence-corrected chi connectivity index (χ2v) is 13.2. The van der Waals surface area contributed by atoms with Crippen LogP contribution in [0.25, 0.3) is 0 Å². The minimum Gasteiger partial charge on any atom is -0.327 e. The van der Waals surface area contributed by atoms with Crippen LogP contribution in [0.1, 0.15) is 83.5 Å². The van der Waals surface area contributed by atoms with Crippen molar-refractivity contribution in [1.82, 2.24) is 10.6 Å². The maximum Gasteiger partial charge on any atom is 0.230 e. The second-order valence-electron chi connectivity index (χ2n) is 13.2. The molecule has 0 radical (unpaired) electrons. The molecule has 33 heavy (non-hydrogen) atoms. The Morgan fingerprint density at radius 3 is 1.52 bits per heavy atom. The molecule has 0 aliphatic heterocycles. The molecule has 8 saturated carbocycles. The number of nitrogens with one attached hydrogen (secondary N) is 2. The summed E-state index contributed by atoms with van der Waals surface area (Å²) >= 11 is 0. The smallest absolute Gasteiger partial charge is 0.230 e. The molecule has 9 rings (SSSR count). The lowest BCUT2D eigenvalue weighted by molar-refractivity contribution is -0.146. The van der Waals surface area contributed by atoms with Gasteiger partial charge in [0.05, 0.1) is 16.5 Å². The molecule has 0 aromatic carbocycles. The Balaban J connectivity index is 1.13. The number of hydrogen-bond acceptors (Lipinski definition) is 2. The minimum atomic E-state index is -0.176. The van der Waals surface area contributed by atoms with Crippen LogP contribution < -0.4 is 10.6 Å². The fraction of sp³-hybridized carbons (Fsp3) is 0.724. The zero-order valence-corrected chi connectivity index (χ0v) is 19.8. The van der Waals surface area contributed by atoms with Crippen LogP contribution in [0, 0.1) is 46.3 Å². The summed E-state index contributed by atoms with van der Waals surface area (Å²) < 4.78 is 0. The van der Waals surface area contributed by atoms with Gasteiger partial charge in [-0.25, -0.2) is 0 Å². The summed E-state index contributed by atoms with van der Waals surface area (Å²) in [6.45, 7) is 0. The molecule has 0 aromatic heterocycles. The Morgan fingerprint density at radius 1 is 0.636 bits per heavy atom. The highest BCUT2D eigenvalue weighted by molar-refractivity contribution is 5.87. The van der Waals surface area contributed by atoms with E-state index >= 15 is 0 Å². The van der Waals surface area contributed by atoms with E-state index in [1.165, 1.54) is 38.5 Å². The molecule has 0 aromatic rings. The molecule has 0 heterocycles. The Morgan fingerprint density at radius 2 is 1.06 bits per heavy atom. The first-order valence-electron chi connectivity index (χ1n) is 13.7. The van der Waals surface area contributed by atoms with Gasteiger partial charge in [-0.2, -0.15) is 0 Å². The first-order valence-corrected chi connectivity index (χ1v) is 13.7. The van der Waals surface area contributed by atoms with Crippen molar-refractivity contribution in [3.05, 3.63) is 35.7 Å². The summed E-state index contributed by atoms with van der Waals surface area (Å²) in [5.41, 5.74) is 1.36. The lowest BCUT2D eigenvalue weighted by Crippen LogP contribution is -2.54. The first kappa shape index (κ1) is 20.5. The Kier molecular flexibility index (Phi) is 4.56. The fourth-order valence-electron chi connectivity index (χ4n) is 10.2. The minimum absolute atomic E-state index is 0.170. The lowest BCUT2D eigenvalue weighted by atomic mass is 9.49. The quantitative estimate of drug-likeness (QED) is 0.609. The maximum atomic E-state index is 13.7. The van der Waals surface area contributed by atoms with Gasteiger partial charge in [0.1, 0.15) is 0 Å². The fourth-order valence-corrected chi connectivity index (χ4v) is 10.2. The molecule has 0 spiro atoms. The zero-order chi connectivity index (χ0) is 22.2. The summed E-state index contributed by atoms with van der Waals surface area (Å²) in [7, 11) is 0. The first-order chi connectivity index (χ1) is 16.0. The van der Waals surface area contributed by atoms with E-state index in [2.05, 4.69) is 16.7 Å². The van der Waals surface area contributed by atoms with Crippen molar-refractivity contribution in [2.75, 3.05) is 0 Å². The van der Waals surface area contributed by atoms with Gasteiger partial charge in [-0.1, -0.05) is 18.2 Å². The van der Waals surface area contributed by atoms with Crippen molar-refractivity contribution < 1.29 is 9.59 Å². The van der Waals surface area contributed by atoms with E-state index in [0.717, 1.165) is 85.4 Å². The predicted molar refractivity (Wildman–Crippen MR) is 127 cm³/mol. The van der Waals surface area contributed by atoms with Crippen LogP contribution in [0.5, 0.6) is 0 Å². The van der Waals surface area contributed by atoms with Crippen molar-refractivity contribution in [3.8, 4) is 0 Å². The molecule has 176 valence electrons. The molecule has 4 nitrogen and oxygen atoms in total. The third-order valence-electron chi connectivity index (χ3n) is 10.7. The van der Waals surface area contributed by atoms with E-state index in [1.54, 1.807) is 0 Å². The molecular weight excluding hydrogens is 408 g/mol. The SMILES string of the molecule is O=C(NC1=C(NC(=O)C23CC4CC(CC(C4)C2)C3)CC=CC=C1)C12CC3CC(CC(C3)C1)C2. The molecule has 8 fully saturated rings. The summed E-state index contributed by atoms with van der Waals surface area (Å²) in [6.07, 6.45) is 23.2. The molecule has 0 atom stereocenters. The van der Waals surface area contributed by atoms with E-state index in [9.17, 15) is 9.59 Å². The Hall–Kier alpha value is -1.84. The third kappa shape index (κ3) is 3.38. The Labute approximate surface area is 197 Å². The van der Waals surface area contributed by atoms with Gasteiger partial charge in [0.25, 0.3) is 0 Å². The number of rotatable bonds is 4. The van der Waals surface area contributed by atoms with Crippen LogP contribution in [-0.4, -0.2) is 11.8 Å². The standard InChI is InChI=1S/C29H38N2O2/c32-26(28-12-18-6-19(13-28)8-20(7-18)14-28)30-24-4-2-1-3-5-25(24)31-27(33)29-15-21-9-22(16-29)11-23(10-21)17-29/h1-4,18-23H,5-17H2,(H,30,32)(H,31,33). The highest BCUT2D eigenvalue weighted by atomic mass is 16.2. The summed E-state index contributed by atoms with van der Waals surface area (Å²) in [5.74, 6) is 4.93. The van der Waals surface area contributed by atoms with Gasteiger partial charge in [0, 0.05) is 12.1 Å². The van der Waals surface area contributed by atoms with E-state index in [4.69, 9.17) is 0 Å². The molecule has 9 aliphatic rings. The van der Waals surface area contributed by atoms with Crippen molar-refractivity contribution in [2.24, 2.45) is 46.3 Å². The predicted octanol–water partition coefficient (Wildman–Crippen LogP) is 5.38. The molecule has 4 heteroatoms. The van der Waals surface area contributed by atoms with Crippen LogP contribution in [0.3, 0.4) is 0 Å². The maximum absolute atomic E-state index is 13.7. The van der Waals surface area contributed by atoms with Crippen molar-refractivity contribution in [2.45, 2.75) is 83.5 Å². The van der Waals surface area contributed by atoms with Gasteiger partial charge in [-0.15, -0.1) is 0 Å². The molecule has 2 amide bonds. The van der Waals surface area contributed by atoms with Crippen LogP contribution in [0.2, 0.25) is 0 Å². The second kappa shape index (κ2) is 7.33. The molecule has 9 aliphatic carbocycles. The number of amides is 2. The third-order valence-corrected chi connectivity index (χ3v) is 10.7. The van der Waals surface area contributed by atoms with Crippen LogP contribution in [-0.2, 0) is 9.59 Å². The van der Waals surface area contributed by atoms with Gasteiger partial charge in [-0.05, 0) is 119 Å². The highest BCUT2D eigenvalue weighted by Gasteiger charge is 2.56. The molecule has 2 N–H and O–H groups in total. The van der Waals surface area contributed by atoms with Crippen LogP contribution in [0.4, 0.5) is 0 Å². The van der Waals surface area contributed by atoms with Crippen LogP contribution in [0.15, 0.2) is 35.7 Å². The van der Waals surface area contributed by atoms with Crippen molar-refractivity contribution >= 4 is 11.8 Å². The summed E-state index contributed by atoms with van der Waals surface area (Å²) in [5, 5.41) is 6.71. The normalized spacial score (nSPS) is 46.5.